The van der Waals surface area contributed by atoms with Gasteiger partial charge in [-0.1, -0.05) is 11.6 Å². The Morgan fingerprint density at radius 1 is 1.29 bits per heavy atom. The van der Waals surface area contributed by atoms with Gasteiger partial charge in [-0.05, 0) is 37.2 Å². The summed E-state index contributed by atoms with van der Waals surface area (Å²) in [6, 6.07) is 3.13. The van der Waals surface area contributed by atoms with Gasteiger partial charge in [0.15, 0.2) is 0 Å². The van der Waals surface area contributed by atoms with Crippen molar-refractivity contribution in [2.24, 2.45) is 0 Å². The normalized spacial score (nSPS) is 11.4. The number of halogens is 1. The molecule has 9 heteroatoms. The highest BCUT2D eigenvalue weighted by Gasteiger charge is 2.21. The van der Waals surface area contributed by atoms with E-state index in [9.17, 15) is 8.42 Å². The van der Waals surface area contributed by atoms with Gasteiger partial charge in [0.05, 0.1) is 17.3 Å². The van der Waals surface area contributed by atoms with Crippen LogP contribution in [-0.2, 0) is 16.6 Å². The molecule has 0 unspecified atom stereocenters. The SMILES string of the molecule is CNCc1cc(Cl)cc(S(=O)(=O)Nc2nccnn2)c1C. The third kappa shape index (κ3) is 3.66. The third-order valence-electron chi connectivity index (χ3n) is 2.80. The fourth-order valence-corrected chi connectivity index (χ4v) is 3.40. The van der Waals surface area contributed by atoms with Gasteiger partial charge in [-0.15, -0.1) is 5.10 Å². The molecule has 0 saturated heterocycles. The van der Waals surface area contributed by atoms with Gasteiger partial charge >= 0.3 is 0 Å². The number of hydrogen-bond acceptors (Lipinski definition) is 6. The molecule has 2 rings (SSSR count). The first-order valence-corrected chi connectivity index (χ1v) is 7.90. The molecule has 1 aromatic heterocycles. The zero-order valence-electron chi connectivity index (χ0n) is 11.5. The summed E-state index contributed by atoms with van der Waals surface area (Å²) in [5.74, 6) is -0.0907. The lowest BCUT2D eigenvalue weighted by atomic mass is 10.1. The summed E-state index contributed by atoms with van der Waals surface area (Å²) in [5.41, 5.74) is 1.42. The molecule has 0 atom stereocenters. The summed E-state index contributed by atoms with van der Waals surface area (Å²) in [4.78, 5) is 3.88. The number of aromatic nitrogens is 3. The molecule has 0 bridgehead atoms. The van der Waals surface area contributed by atoms with Crippen molar-refractivity contribution < 1.29 is 8.42 Å². The van der Waals surface area contributed by atoms with Gasteiger partial charge in [-0.25, -0.2) is 18.1 Å². The van der Waals surface area contributed by atoms with Crippen LogP contribution in [0, 0.1) is 6.92 Å². The maximum absolute atomic E-state index is 12.4. The van der Waals surface area contributed by atoms with Crippen molar-refractivity contribution in [1.82, 2.24) is 20.5 Å². The maximum Gasteiger partial charge on any atom is 0.264 e. The Morgan fingerprint density at radius 2 is 2.05 bits per heavy atom. The largest absolute Gasteiger partial charge is 0.316 e. The maximum atomic E-state index is 12.4. The van der Waals surface area contributed by atoms with Crippen LogP contribution in [0.25, 0.3) is 0 Å². The van der Waals surface area contributed by atoms with Crippen LogP contribution in [0.2, 0.25) is 5.02 Å². The quantitative estimate of drug-likeness (QED) is 0.860. The van der Waals surface area contributed by atoms with Crippen molar-refractivity contribution in [3.63, 3.8) is 0 Å². The highest BCUT2D eigenvalue weighted by Crippen LogP contribution is 2.25. The molecule has 1 heterocycles. The number of anilines is 1. The second-order valence-corrected chi connectivity index (χ2v) is 6.38. The monoisotopic (exact) mass is 327 g/mol. The first-order chi connectivity index (χ1) is 9.94. The summed E-state index contributed by atoms with van der Waals surface area (Å²) in [7, 11) is -2.06. The first kappa shape index (κ1) is 15.6. The molecule has 0 aliphatic rings. The average Bonchev–Trinajstić information content (AvgIpc) is 2.43. The molecule has 0 saturated carbocycles. The van der Waals surface area contributed by atoms with Crippen LogP contribution in [0.15, 0.2) is 29.4 Å². The van der Waals surface area contributed by atoms with Crippen molar-refractivity contribution in [2.45, 2.75) is 18.4 Å². The zero-order chi connectivity index (χ0) is 15.5. The van der Waals surface area contributed by atoms with Gasteiger partial charge in [0.2, 0.25) is 0 Å². The van der Waals surface area contributed by atoms with E-state index in [1.54, 1.807) is 20.0 Å². The number of nitrogens with zero attached hydrogens (tertiary/aromatic N) is 3. The fourth-order valence-electron chi connectivity index (χ4n) is 1.83. The van der Waals surface area contributed by atoms with Gasteiger partial charge in [0.1, 0.15) is 0 Å². The van der Waals surface area contributed by atoms with Crippen molar-refractivity contribution in [3.8, 4) is 0 Å². The van der Waals surface area contributed by atoms with E-state index >= 15 is 0 Å². The molecule has 7 nitrogen and oxygen atoms in total. The van der Waals surface area contributed by atoms with Crippen molar-refractivity contribution in [1.29, 1.82) is 0 Å². The van der Waals surface area contributed by atoms with E-state index in [1.165, 1.54) is 18.5 Å². The molecule has 2 N–H and O–H groups in total. The first-order valence-electron chi connectivity index (χ1n) is 6.04. The van der Waals surface area contributed by atoms with E-state index in [0.717, 1.165) is 5.56 Å². The van der Waals surface area contributed by atoms with E-state index in [4.69, 9.17) is 11.6 Å². The second kappa shape index (κ2) is 6.33. The smallest absolute Gasteiger partial charge is 0.264 e. The molecule has 2 aromatic rings. The molecular formula is C12H14ClN5O2S. The second-order valence-electron chi connectivity index (χ2n) is 4.29. The Balaban J connectivity index is 2.45. The van der Waals surface area contributed by atoms with Crippen LogP contribution >= 0.6 is 11.6 Å². The number of hydrogen-bond donors (Lipinski definition) is 2. The summed E-state index contributed by atoms with van der Waals surface area (Å²) in [5, 5.41) is 10.5. The molecule has 112 valence electrons. The molecule has 1 aromatic carbocycles. The molecule has 21 heavy (non-hydrogen) atoms. The Labute approximate surface area is 127 Å². The van der Waals surface area contributed by atoms with Gasteiger partial charge in [-0.3, -0.25) is 0 Å². The van der Waals surface area contributed by atoms with Crippen LogP contribution < -0.4 is 10.0 Å². The van der Waals surface area contributed by atoms with Crippen LogP contribution in [0.1, 0.15) is 11.1 Å². The molecule has 0 aliphatic heterocycles. The number of sulfonamides is 1. The number of rotatable bonds is 5. The minimum Gasteiger partial charge on any atom is -0.316 e. The van der Waals surface area contributed by atoms with E-state index < -0.39 is 10.0 Å². The molecule has 0 aliphatic carbocycles. The van der Waals surface area contributed by atoms with Crippen molar-refractivity contribution in [3.05, 3.63) is 40.7 Å². The van der Waals surface area contributed by atoms with E-state index in [-0.39, 0.29) is 10.8 Å². The third-order valence-corrected chi connectivity index (χ3v) is 4.47. The topological polar surface area (TPSA) is 96.9 Å². The van der Waals surface area contributed by atoms with Crippen LogP contribution in [0.4, 0.5) is 5.95 Å². The number of nitrogens with one attached hydrogen (secondary N) is 2. The summed E-state index contributed by atoms with van der Waals surface area (Å²) < 4.78 is 27.1. The Morgan fingerprint density at radius 3 is 2.67 bits per heavy atom. The fraction of sp³-hybridized carbons (Fsp3) is 0.250. The Kier molecular flexibility index (Phi) is 4.71. The molecule has 0 spiro atoms. The summed E-state index contributed by atoms with van der Waals surface area (Å²) >= 11 is 6.00. The van der Waals surface area contributed by atoms with Gasteiger partial charge in [0.25, 0.3) is 16.0 Å². The Bertz CT molecular complexity index is 737. The summed E-state index contributed by atoms with van der Waals surface area (Å²) in [6.07, 6.45) is 2.70. The van der Waals surface area contributed by atoms with Crippen LogP contribution in [-0.4, -0.2) is 30.6 Å². The van der Waals surface area contributed by atoms with Gasteiger partial charge in [0, 0.05) is 11.6 Å². The zero-order valence-corrected chi connectivity index (χ0v) is 13.0. The van der Waals surface area contributed by atoms with Gasteiger partial charge in [-0.2, -0.15) is 5.10 Å². The van der Waals surface area contributed by atoms with Crippen molar-refractivity contribution >= 4 is 27.6 Å². The van der Waals surface area contributed by atoms with Gasteiger partial charge < -0.3 is 5.32 Å². The standard InChI is InChI=1S/C12H14ClN5O2S/c1-8-9(7-14-2)5-10(13)6-11(8)21(19,20)18-12-15-3-4-16-17-12/h3-6,14H,7H2,1-2H3,(H,15,17,18). The van der Waals surface area contributed by atoms with E-state index in [0.29, 0.717) is 17.1 Å². The summed E-state index contributed by atoms with van der Waals surface area (Å²) in [6.45, 7) is 2.24. The Hall–Kier alpha value is -1.77. The average molecular weight is 328 g/mol. The van der Waals surface area contributed by atoms with Crippen LogP contribution in [0.3, 0.4) is 0 Å². The highest BCUT2D eigenvalue weighted by atomic mass is 35.5. The highest BCUT2D eigenvalue weighted by molar-refractivity contribution is 7.92. The van der Waals surface area contributed by atoms with E-state index in [1.807, 2.05) is 0 Å². The predicted molar refractivity (Wildman–Crippen MR) is 79.6 cm³/mol. The lowest BCUT2D eigenvalue weighted by Crippen LogP contribution is -2.18. The lowest BCUT2D eigenvalue weighted by Gasteiger charge is -2.13. The van der Waals surface area contributed by atoms with Crippen LogP contribution in [0.5, 0.6) is 0 Å². The molecule has 0 amide bonds. The minimum atomic E-state index is -3.83. The lowest BCUT2D eigenvalue weighted by molar-refractivity contribution is 0.599. The predicted octanol–water partition coefficient (Wildman–Crippen LogP) is 1.35. The molecular weight excluding hydrogens is 314 g/mol. The number of benzene rings is 1. The van der Waals surface area contributed by atoms with E-state index in [2.05, 4.69) is 25.2 Å². The molecule has 0 radical (unpaired) electrons. The van der Waals surface area contributed by atoms with Crippen molar-refractivity contribution in [2.75, 3.05) is 11.8 Å². The molecule has 0 fully saturated rings. The minimum absolute atomic E-state index is 0.0905.